The van der Waals surface area contributed by atoms with E-state index in [9.17, 15) is 4.79 Å². The molecule has 136 valence electrons. The molecule has 0 atom stereocenters. The molecular formula is C16H23N5O3S. The summed E-state index contributed by atoms with van der Waals surface area (Å²) in [6, 6.07) is 5.18. The van der Waals surface area contributed by atoms with E-state index < -0.39 is 0 Å². The molecular weight excluding hydrogens is 342 g/mol. The van der Waals surface area contributed by atoms with E-state index in [1.54, 1.807) is 25.3 Å². The second-order valence-electron chi connectivity index (χ2n) is 6.33. The number of nitrogens with zero attached hydrogens (tertiary/aromatic N) is 3. The molecule has 2 rings (SSSR count). The number of rotatable bonds is 6. The Bertz CT molecular complexity index is 755. The minimum Gasteiger partial charge on any atom is -0.497 e. The van der Waals surface area contributed by atoms with Gasteiger partial charge in [-0.2, -0.15) is 0 Å². The van der Waals surface area contributed by atoms with Gasteiger partial charge < -0.3 is 20.6 Å². The largest absolute Gasteiger partial charge is 0.497 e. The topological polar surface area (TPSA) is 104 Å². The van der Waals surface area contributed by atoms with E-state index in [0.29, 0.717) is 28.2 Å². The van der Waals surface area contributed by atoms with Crippen molar-refractivity contribution in [3.63, 3.8) is 0 Å². The predicted octanol–water partition coefficient (Wildman–Crippen LogP) is 2.04. The molecule has 0 saturated carbocycles. The molecule has 1 aromatic carbocycles. The van der Waals surface area contributed by atoms with Gasteiger partial charge in [0.2, 0.25) is 11.1 Å². The Kier molecular flexibility index (Phi) is 5.78. The number of amides is 1. The molecule has 2 aromatic rings. The number of ether oxygens (including phenoxy) is 2. The Morgan fingerprint density at radius 3 is 2.56 bits per heavy atom. The van der Waals surface area contributed by atoms with E-state index in [1.165, 1.54) is 23.5 Å². The van der Waals surface area contributed by atoms with E-state index in [2.05, 4.69) is 15.5 Å². The summed E-state index contributed by atoms with van der Waals surface area (Å²) in [6.45, 7) is 5.99. The van der Waals surface area contributed by atoms with Crippen molar-refractivity contribution in [3.8, 4) is 11.5 Å². The number of anilines is 1. The summed E-state index contributed by atoms with van der Waals surface area (Å²) < 4.78 is 11.8. The normalized spacial score (nSPS) is 11.2. The Hall–Kier alpha value is -2.42. The molecule has 1 amide bonds. The summed E-state index contributed by atoms with van der Waals surface area (Å²) in [5.74, 6) is 7.79. The third kappa shape index (κ3) is 4.56. The number of nitrogens with one attached hydrogen (secondary N) is 1. The van der Waals surface area contributed by atoms with Crippen LogP contribution in [0.15, 0.2) is 23.4 Å². The fourth-order valence-electron chi connectivity index (χ4n) is 2.11. The van der Waals surface area contributed by atoms with E-state index in [4.69, 9.17) is 15.3 Å². The zero-order chi connectivity index (χ0) is 18.6. The lowest BCUT2D eigenvalue weighted by Crippen LogP contribution is -2.24. The van der Waals surface area contributed by atoms with Gasteiger partial charge in [-0.1, -0.05) is 32.5 Å². The monoisotopic (exact) mass is 365 g/mol. The standard InChI is InChI=1S/C16H23N5O3S/c1-16(2,3)14-19-20-15(21(14)17)25-9-13(22)18-11-7-6-10(23-4)8-12(11)24-5/h6-8H,9,17H2,1-5H3,(H,18,22). The van der Waals surface area contributed by atoms with Crippen LogP contribution in [0.4, 0.5) is 5.69 Å². The second kappa shape index (κ2) is 7.64. The third-order valence-electron chi connectivity index (χ3n) is 3.35. The second-order valence-corrected chi connectivity index (χ2v) is 7.27. The minimum absolute atomic E-state index is 0.147. The summed E-state index contributed by atoms with van der Waals surface area (Å²) in [7, 11) is 3.10. The number of methoxy groups -OCH3 is 2. The van der Waals surface area contributed by atoms with Crippen LogP contribution in [0, 0.1) is 0 Å². The lowest BCUT2D eigenvalue weighted by Gasteiger charge is -2.16. The molecule has 0 fully saturated rings. The fourth-order valence-corrected chi connectivity index (χ4v) is 2.76. The Morgan fingerprint density at radius 1 is 1.28 bits per heavy atom. The van der Waals surface area contributed by atoms with Crippen LogP contribution in [-0.2, 0) is 10.2 Å². The van der Waals surface area contributed by atoms with Gasteiger partial charge in [-0.3, -0.25) is 4.79 Å². The zero-order valence-corrected chi connectivity index (χ0v) is 15.8. The van der Waals surface area contributed by atoms with Crippen molar-refractivity contribution in [2.24, 2.45) is 0 Å². The van der Waals surface area contributed by atoms with Gasteiger partial charge in [-0.15, -0.1) is 10.2 Å². The molecule has 0 radical (unpaired) electrons. The summed E-state index contributed by atoms with van der Waals surface area (Å²) in [5.41, 5.74) is 0.345. The Morgan fingerprint density at radius 2 is 2.00 bits per heavy atom. The molecule has 0 aliphatic heterocycles. The number of aromatic nitrogens is 3. The molecule has 0 bridgehead atoms. The van der Waals surface area contributed by atoms with Gasteiger partial charge >= 0.3 is 0 Å². The highest BCUT2D eigenvalue weighted by Crippen LogP contribution is 2.29. The number of nitrogen functional groups attached to an aromatic ring is 1. The smallest absolute Gasteiger partial charge is 0.234 e. The first kappa shape index (κ1) is 18.9. The van der Waals surface area contributed by atoms with Crippen molar-refractivity contribution in [3.05, 3.63) is 24.0 Å². The fraction of sp³-hybridized carbons (Fsp3) is 0.438. The van der Waals surface area contributed by atoms with Crippen LogP contribution in [0.2, 0.25) is 0 Å². The molecule has 8 nitrogen and oxygen atoms in total. The molecule has 0 saturated heterocycles. The quantitative estimate of drug-likeness (QED) is 0.596. The highest BCUT2D eigenvalue weighted by atomic mass is 32.2. The first-order chi connectivity index (χ1) is 11.8. The molecule has 1 heterocycles. The molecule has 1 aromatic heterocycles. The Balaban J connectivity index is 2.01. The van der Waals surface area contributed by atoms with Gasteiger partial charge in [0.15, 0.2) is 5.82 Å². The van der Waals surface area contributed by atoms with Crippen LogP contribution in [-0.4, -0.2) is 40.8 Å². The summed E-state index contributed by atoms with van der Waals surface area (Å²) in [4.78, 5) is 12.2. The third-order valence-corrected chi connectivity index (χ3v) is 4.29. The summed E-state index contributed by atoms with van der Waals surface area (Å²) in [6.07, 6.45) is 0. The van der Waals surface area contributed by atoms with Crippen LogP contribution >= 0.6 is 11.8 Å². The van der Waals surface area contributed by atoms with Crippen LogP contribution in [0.5, 0.6) is 11.5 Å². The van der Waals surface area contributed by atoms with E-state index >= 15 is 0 Å². The lowest BCUT2D eigenvalue weighted by molar-refractivity contribution is -0.113. The SMILES string of the molecule is COc1ccc(NC(=O)CSc2nnc(C(C)(C)C)n2N)c(OC)c1. The molecule has 0 unspecified atom stereocenters. The van der Waals surface area contributed by atoms with Crippen LogP contribution in [0.25, 0.3) is 0 Å². The van der Waals surface area contributed by atoms with Crippen molar-refractivity contribution in [1.82, 2.24) is 14.9 Å². The number of benzene rings is 1. The predicted molar refractivity (Wildman–Crippen MR) is 97.8 cm³/mol. The van der Waals surface area contributed by atoms with Gasteiger partial charge in [0.05, 0.1) is 25.7 Å². The zero-order valence-electron chi connectivity index (χ0n) is 15.0. The maximum atomic E-state index is 12.2. The van der Waals surface area contributed by atoms with Gasteiger partial charge in [0, 0.05) is 11.5 Å². The Labute approximate surface area is 151 Å². The number of carbonyl (C=O) groups excluding carboxylic acids is 1. The first-order valence-corrected chi connectivity index (χ1v) is 8.60. The van der Waals surface area contributed by atoms with Crippen molar-refractivity contribution in [2.45, 2.75) is 31.3 Å². The molecule has 0 spiro atoms. The summed E-state index contributed by atoms with van der Waals surface area (Å²) >= 11 is 1.22. The first-order valence-electron chi connectivity index (χ1n) is 7.62. The van der Waals surface area contributed by atoms with Crippen LogP contribution in [0.1, 0.15) is 26.6 Å². The average molecular weight is 365 g/mol. The number of thioether (sulfide) groups is 1. The number of hydrogen-bond donors (Lipinski definition) is 2. The average Bonchev–Trinajstić information content (AvgIpc) is 2.94. The van der Waals surface area contributed by atoms with Crippen LogP contribution < -0.4 is 20.6 Å². The molecule has 3 N–H and O–H groups in total. The van der Waals surface area contributed by atoms with Crippen LogP contribution in [0.3, 0.4) is 0 Å². The molecule has 9 heteroatoms. The van der Waals surface area contributed by atoms with Crippen molar-refractivity contribution >= 4 is 23.4 Å². The van der Waals surface area contributed by atoms with E-state index in [1.807, 2.05) is 20.8 Å². The molecule has 25 heavy (non-hydrogen) atoms. The number of nitrogens with two attached hydrogens (primary N) is 1. The highest BCUT2D eigenvalue weighted by Gasteiger charge is 2.23. The van der Waals surface area contributed by atoms with Crippen molar-refractivity contribution in [2.75, 3.05) is 31.1 Å². The maximum Gasteiger partial charge on any atom is 0.234 e. The van der Waals surface area contributed by atoms with E-state index in [-0.39, 0.29) is 17.1 Å². The van der Waals surface area contributed by atoms with Crippen molar-refractivity contribution < 1.29 is 14.3 Å². The van der Waals surface area contributed by atoms with Gasteiger partial charge in [0.1, 0.15) is 11.5 Å². The number of carbonyl (C=O) groups is 1. The van der Waals surface area contributed by atoms with Gasteiger partial charge in [-0.05, 0) is 12.1 Å². The highest BCUT2D eigenvalue weighted by molar-refractivity contribution is 7.99. The van der Waals surface area contributed by atoms with E-state index in [0.717, 1.165) is 0 Å². The van der Waals surface area contributed by atoms with Gasteiger partial charge in [0.25, 0.3) is 0 Å². The van der Waals surface area contributed by atoms with Gasteiger partial charge in [-0.25, -0.2) is 4.68 Å². The maximum absolute atomic E-state index is 12.2. The molecule has 0 aliphatic rings. The summed E-state index contributed by atoms with van der Waals surface area (Å²) in [5, 5.41) is 11.4. The molecule has 0 aliphatic carbocycles. The van der Waals surface area contributed by atoms with Crippen molar-refractivity contribution in [1.29, 1.82) is 0 Å². The number of hydrogen-bond acceptors (Lipinski definition) is 7. The minimum atomic E-state index is -0.223. The lowest BCUT2D eigenvalue weighted by atomic mass is 9.96.